The lowest BCUT2D eigenvalue weighted by Gasteiger charge is -2.15. The van der Waals surface area contributed by atoms with Gasteiger partial charge in [0, 0.05) is 30.5 Å². The maximum absolute atomic E-state index is 12.9. The fraction of sp³-hybridized carbons (Fsp3) is 0.348. The SMILES string of the molecule is CC(=O)Nc1cc(C(=O)NC(=NC[C@@H]2CCCO2)Nc2ccccc2C)ccc1C. The highest BCUT2D eigenvalue weighted by Crippen LogP contribution is 2.18. The molecular weight excluding hydrogens is 380 g/mol. The average molecular weight is 409 g/mol. The normalized spacial score (nSPS) is 16.2. The zero-order valence-corrected chi connectivity index (χ0v) is 17.6. The number of guanidine groups is 1. The minimum Gasteiger partial charge on any atom is -0.376 e. The maximum atomic E-state index is 12.9. The number of hydrogen-bond acceptors (Lipinski definition) is 4. The van der Waals surface area contributed by atoms with Crippen molar-refractivity contribution in [3.63, 3.8) is 0 Å². The van der Waals surface area contributed by atoms with Gasteiger partial charge in [0.05, 0.1) is 12.6 Å². The molecule has 1 heterocycles. The zero-order valence-electron chi connectivity index (χ0n) is 17.6. The molecule has 0 bridgehead atoms. The van der Waals surface area contributed by atoms with Crippen molar-refractivity contribution in [2.24, 2.45) is 4.99 Å². The van der Waals surface area contributed by atoms with Crippen LogP contribution >= 0.6 is 0 Å². The predicted octanol–water partition coefficient (Wildman–Crippen LogP) is 3.64. The number of amides is 2. The second-order valence-corrected chi connectivity index (χ2v) is 7.43. The number of hydrogen-bond donors (Lipinski definition) is 3. The fourth-order valence-electron chi connectivity index (χ4n) is 3.20. The lowest BCUT2D eigenvalue weighted by Crippen LogP contribution is -2.37. The third kappa shape index (κ3) is 5.90. The number of nitrogens with one attached hydrogen (secondary N) is 3. The van der Waals surface area contributed by atoms with Crippen molar-refractivity contribution in [2.75, 3.05) is 23.8 Å². The minimum atomic E-state index is -0.311. The standard InChI is InChI=1S/C23H28N4O3/c1-15-7-4-5-9-20(15)26-23(24-14-19-8-6-12-30-19)27-22(29)18-11-10-16(2)21(13-18)25-17(3)28/h4-5,7,9-11,13,19H,6,8,12,14H2,1-3H3,(H,25,28)(H2,24,26,27,29)/t19-/m0/s1. The number of anilines is 2. The Bertz CT molecular complexity index is 949. The number of rotatable bonds is 5. The van der Waals surface area contributed by atoms with E-state index in [0.29, 0.717) is 23.8 Å². The van der Waals surface area contributed by atoms with E-state index in [0.717, 1.165) is 36.3 Å². The van der Waals surface area contributed by atoms with Gasteiger partial charge in [-0.25, -0.2) is 4.99 Å². The Hall–Kier alpha value is -3.19. The molecule has 1 aliphatic rings. The van der Waals surface area contributed by atoms with Gasteiger partial charge in [0.25, 0.3) is 5.91 Å². The summed E-state index contributed by atoms with van der Waals surface area (Å²) in [7, 11) is 0. The van der Waals surface area contributed by atoms with E-state index in [9.17, 15) is 9.59 Å². The molecule has 2 aromatic rings. The van der Waals surface area contributed by atoms with E-state index < -0.39 is 0 Å². The molecule has 0 saturated carbocycles. The Morgan fingerprint density at radius 3 is 2.53 bits per heavy atom. The highest BCUT2D eigenvalue weighted by molar-refractivity contribution is 6.10. The minimum absolute atomic E-state index is 0.0707. The molecule has 0 radical (unpaired) electrons. The third-order valence-electron chi connectivity index (χ3n) is 4.92. The van der Waals surface area contributed by atoms with Crippen LogP contribution in [-0.4, -0.2) is 37.0 Å². The molecule has 0 spiro atoms. The molecule has 1 saturated heterocycles. The fourth-order valence-corrected chi connectivity index (χ4v) is 3.20. The van der Waals surface area contributed by atoms with Gasteiger partial charge in [0.1, 0.15) is 0 Å². The summed E-state index contributed by atoms with van der Waals surface area (Å²) < 4.78 is 5.64. The molecule has 158 valence electrons. The molecule has 7 heteroatoms. The molecular formula is C23H28N4O3. The van der Waals surface area contributed by atoms with Gasteiger partial charge in [-0.2, -0.15) is 0 Å². The third-order valence-corrected chi connectivity index (χ3v) is 4.92. The Morgan fingerprint density at radius 1 is 1.07 bits per heavy atom. The van der Waals surface area contributed by atoms with Crippen LogP contribution in [0.25, 0.3) is 0 Å². The summed E-state index contributed by atoms with van der Waals surface area (Å²) in [5.41, 5.74) is 3.83. The van der Waals surface area contributed by atoms with Crippen molar-refractivity contribution in [2.45, 2.75) is 39.7 Å². The number of carbonyl (C=O) groups is 2. The number of para-hydroxylation sites is 1. The number of nitrogens with zero attached hydrogens (tertiary/aromatic N) is 1. The van der Waals surface area contributed by atoms with Gasteiger partial charge in [-0.1, -0.05) is 24.3 Å². The Balaban J connectivity index is 1.79. The average Bonchev–Trinajstić information content (AvgIpc) is 3.22. The predicted molar refractivity (Wildman–Crippen MR) is 119 cm³/mol. The first-order chi connectivity index (χ1) is 14.4. The van der Waals surface area contributed by atoms with Gasteiger partial charge in [0.2, 0.25) is 11.9 Å². The molecule has 2 amide bonds. The van der Waals surface area contributed by atoms with Crippen molar-refractivity contribution >= 4 is 29.1 Å². The highest BCUT2D eigenvalue weighted by Gasteiger charge is 2.17. The van der Waals surface area contributed by atoms with Crippen LogP contribution in [0, 0.1) is 13.8 Å². The van der Waals surface area contributed by atoms with Crippen molar-refractivity contribution < 1.29 is 14.3 Å². The number of aryl methyl sites for hydroxylation is 2. The summed E-state index contributed by atoms with van der Waals surface area (Å²) in [6.45, 7) is 6.53. The second kappa shape index (κ2) is 10.0. The van der Waals surface area contributed by atoms with E-state index in [1.165, 1.54) is 6.92 Å². The number of carbonyl (C=O) groups excluding carboxylic acids is 2. The Morgan fingerprint density at radius 2 is 1.83 bits per heavy atom. The first-order valence-corrected chi connectivity index (χ1v) is 10.1. The summed E-state index contributed by atoms with van der Waals surface area (Å²) >= 11 is 0. The lowest BCUT2D eigenvalue weighted by molar-refractivity contribution is -0.114. The quantitative estimate of drug-likeness (QED) is 0.520. The molecule has 2 aromatic carbocycles. The molecule has 1 aliphatic heterocycles. The van der Waals surface area contributed by atoms with E-state index in [4.69, 9.17) is 4.74 Å². The van der Waals surface area contributed by atoms with E-state index >= 15 is 0 Å². The van der Waals surface area contributed by atoms with Crippen LogP contribution in [0.15, 0.2) is 47.5 Å². The van der Waals surface area contributed by atoms with Gasteiger partial charge in [-0.05, 0) is 56.0 Å². The van der Waals surface area contributed by atoms with Crippen LogP contribution in [0.3, 0.4) is 0 Å². The van der Waals surface area contributed by atoms with Gasteiger partial charge >= 0.3 is 0 Å². The molecule has 1 atom stereocenters. The van der Waals surface area contributed by atoms with E-state index in [1.807, 2.05) is 38.1 Å². The topological polar surface area (TPSA) is 91.8 Å². The Kier molecular flexibility index (Phi) is 7.19. The molecule has 7 nitrogen and oxygen atoms in total. The summed E-state index contributed by atoms with van der Waals surface area (Å²) in [5.74, 6) is -0.129. The van der Waals surface area contributed by atoms with Crippen molar-refractivity contribution in [1.29, 1.82) is 0 Å². The van der Waals surface area contributed by atoms with Crippen LogP contribution in [0.4, 0.5) is 11.4 Å². The van der Waals surface area contributed by atoms with E-state index in [1.54, 1.807) is 18.2 Å². The molecule has 0 aromatic heterocycles. The zero-order chi connectivity index (χ0) is 21.5. The monoisotopic (exact) mass is 408 g/mol. The van der Waals surface area contributed by atoms with Gasteiger partial charge in [-0.15, -0.1) is 0 Å². The lowest BCUT2D eigenvalue weighted by atomic mass is 10.1. The summed E-state index contributed by atoms with van der Waals surface area (Å²) in [6, 6.07) is 13.0. The van der Waals surface area contributed by atoms with Gasteiger partial charge in [0.15, 0.2) is 0 Å². The molecule has 0 unspecified atom stereocenters. The van der Waals surface area contributed by atoms with E-state index in [-0.39, 0.29) is 17.9 Å². The van der Waals surface area contributed by atoms with Crippen LogP contribution in [0.5, 0.6) is 0 Å². The summed E-state index contributed by atoms with van der Waals surface area (Å²) in [5, 5.41) is 8.84. The Labute approximate surface area is 176 Å². The van der Waals surface area contributed by atoms with Gasteiger partial charge < -0.3 is 15.4 Å². The molecule has 3 rings (SSSR count). The molecule has 3 N–H and O–H groups in total. The van der Waals surface area contributed by atoms with Gasteiger partial charge in [-0.3, -0.25) is 14.9 Å². The number of benzene rings is 2. The number of aliphatic imine (C=N–C) groups is 1. The maximum Gasteiger partial charge on any atom is 0.258 e. The molecule has 30 heavy (non-hydrogen) atoms. The van der Waals surface area contributed by atoms with Crippen LogP contribution in [0.1, 0.15) is 41.3 Å². The summed E-state index contributed by atoms with van der Waals surface area (Å²) in [4.78, 5) is 28.9. The highest BCUT2D eigenvalue weighted by atomic mass is 16.5. The number of ether oxygens (including phenoxy) is 1. The summed E-state index contributed by atoms with van der Waals surface area (Å²) in [6.07, 6.45) is 2.07. The largest absolute Gasteiger partial charge is 0.376 e. The smallest absolute Gasteiger partial charge is 0.258 e. The van der Waals surface area contributed by atoms with Crippen LogP contribution < -0.4 is 16.0 Å². The first-order valence-electron chi connectivity index (χ1n) is 10.1. The van der Waals surface area contributed by atoms with Crippen LogP contribution in [-0.2, 0) is 9.53 Å². The van der Waals surface area contributed by atoms with Crippen molar-refractivity contribution in [1.82, 2.24) is 5.32 Å². The van der Waals surface area contributed by atoms with Crippen LogP contribution in [0.2, 0.25) is 0 Å². The molecule has 0 aliphatic carbocycles. The van der Waals surface area contributed by atoms with Crippen molar-refractivity contribution in [3.05, 3.63) is 59.2 Å². The second-order valence-electron chi connectivity index (χ2n) is 7.43. The van der Waals surface area contributed by atoms with E-state index in [2.05, 4.69) is 20.9 Å². The van der Waals surface area contributed by atoms with Crippen molar-refractivity contribution in [3.8, 4) is 0 Å². The molecule has 1 fully saturated rings. The first kappa shape index (κ1) is 21.5.